The summed E-state index contributed by atoms with van der Waals surface area (Å²) in [6.07, 6.45) is -3.23. The highest BCUT2D eigenvalue weighted by atomic mass is 19.4. The van der Waals surface area contributed by atoms with Gasteiger partial charge in [0.25, 0.3) is 0 Å². The van der Waals surface area contributed by atoms with Gasteiger partial charge in [0.05, 0.1) is 30.3 Å². The van der Waals surface area contributed by atoms with Gasteiger partial charge in [-0.3, -0.25) is 0 Å². The van der Waals surface area contributed by atoms with E-state index in [2.05, 4.69) is 16.0 Å². The quantitative estimate of drug-likeness (QED) is 0.619. The summed E-state index contributed by atoms with van der Waals surface area (Å²) in [7, 11) is 0. The molecule has 8 heteroatoms. The number of hydrogen-bond donors (Lipinski definition) is 1. The lowest BCUT2D eigenvalue weighted by molar-refractivity contribution is -0.137. The number of hydrogen-bond acceptors (Lipinski definition) is 5. The first-order valence-electron chi connectivity index (χ1n) is 10.1. The molecule has 3 aromatic rings. The van der Waals surface area contributed by atoms with Gasteiger partial charge in [0.2, 0.25) is 5.88 Å². The molecular formula is C24H20F3N3O2. The zero-order chi connectivity index (χ0) is 22.7. The zero-order valence-corrected chi connectivity index (χ0v) is 17.0. The van der Waals surface area contributed by atoms with Crippen LogP contribution in [0.2, 0.25) is 0 Å². The minimum absolute atomic E-state index is 0.149. The van der Waals surface area contributed by atoms with Gasteiger partial charge in [-0.2, -0.15) is 18.4 Å². The van der Waals surface area contributed by atoms with Crippen molar-refractivity contribution in [3.63, 3.8) is 0 Å². The number of alkyl halides is 3. The molecule has 0 amide bonds. The molecule has 32 heavy (non-hydrogen) atoms. The molecule has 0 bridgehead atoms. The van der Waals surface area contributed by atoms with Crippen molar-refractivity contribution in [1.29, 1.82) is 5.26 Å². The van der Waals surface area contributed by atoms with Crippen molar-refractivity contribution in [2.45, 2.75) is 25.3 Å². The van der Waals surface area contributed by atoms with E-state index in [9.17, 15) is 23.5 Å². The first kappa shape index (κ1) is 21.7. The van der Waals surface area contributed by atoms with Crippen LogP contribution in [0.25, 0.3) is 11.1 Å². The number of pyridine rings is 1. The monoisotopic (exact) mass is 439 g/mol. The van der Waals surface area contributed by atoms with Gasteiger partial charge in [0.15, 0.2) is 0 Å². The average molecular weight is 439 g/mol. The van der Waals surface area contributed by atoms with E-state index in [1.54, 1.807) is 12.1 Å². The van der Waals surface area contributed by atoms with Gasteiger partial charge in [0.1, 0.15) is 6.10 Å². The van der Waals surface area contributed by atoms with Crippen LogP contribution in [-0.2, 0) is 12.8 Å². The SMILES string of the molecule is N#Cc1ccccc1-c1ccc(N2CC[C@H](Oc3ccc(C(F)(F)F)cn3)C2)c(CO)c1. The molecule has 0 radical (unpaired) electrons. The van der Waals surface area contributed by atoms with E-state index in [1.807, 2.05) is 30.3 Å². The fourth-order valence-electron chi connectivity index (χ4n) is 3.85. The van der Waals surface area contributed by atoms with Crippen molar-refractivity contribution < 1.29 is 23.0 Å². The Kier molecular flexibility index (Phi) is 6.01. The number of halogens is 3. The first-order chi connectivity index (χ1) is 15.4. The number of nitrogens with zero attached hydrogens (tertiary/aromatic N) is 3. The molecule has 0 unspecified atom stereocenters. The van der Waals surface area contributed by atoms with Crippen LogP contribution in [0.5, 0.6) is 5.88 Å². The molecule has 5 nitrogen and oxygen atoms in total. The van der Waals surface area contributed by atoms with E-state index in [4.69, 9.17) is 4.74 Å². The molecule has 164 valence electrons. The minimum atomic E-state index is -4.43. The third-order valence-electron chi connectivity index (χ3n) is 5.45. The van der Waals surface area contributed by atoms with Gasteiger partial charge in [0, 0.05) is 36.5 Å². The Morgan fingerprint density at radius 3 is 2.66 bits per heavy atom. The molecular weight excluding hydrogens is 419 g/mol. The maximum absolute atomic E-state index is 12.7. The normalized spacial score (nSPS) is 16.1. The molecule has 1 aliphatic rings. The number of ether oxygens (including phenoxy) is 1. The smallest absolute Gasteiger partial charge is 0.417 e. The van der Waals surface area contributed by atoms with E-state index in [0.29, 0.717) is 25.1 Å². The van der Waals surface area contributed by atoms with E-state index in [0.717, 1.165) is 34.6 Å². The predicted molar refractivity (Wildman–Crippen MR) is 113 cm³/mol. The maximum Gasteiger partial charge on any atom is 0.417 e. The third-order valence-corrected chi connectivity index (χ3v) is 5.45. The summed E-state index contributed by atoms with van der Waals surface area (Å²) in [5.41, 5.74) is 2.97. The molecule has 0 spiro atoms. The van der Waals surface area contributed by atoms with Crippen molar-refractivity contribution in [3.8, 4) is 23.1 Å². The summed E-state index contributed by atoms with van der Waals surface area (Å²) in [6.45, 7) is 1.02. The van der Waals surface area contributed by atoms with Crippen molar-refractivity contribution in [2.24, 2.45) is 0 Å². The molecule has 1 fully saturated rings. The Morgan fingerprint density at radius 1 is 1.16 bits per heavy atom. The van der Waals surface area contributed by atoms with Crippen molar-refractivity contribution in [2.75, 3.05) is 18.0 Å². The number of benzene rings is 2. The Morgan fingerprint density at radius 2 is 1.97 bits per heavy atom. The Bertz CT molecular complexity index is 1140. The van der Waals surface area contributed by atoms with Crippen LogP contribution in [0.1, 0.15) is 23.1 Å². The molecule has 0 saturated carbocycles. The lowest BCUT2D eigenvalue weighted by Gasteiger charge is -2.22. The third kappa shape index (κ3) is 4.53. The van der Waals surface area contributed by atoms with Crippen LogP contribution in [0.15, 0.2) is 60.8 Å². The van der Waals surface area contributed by atoms with Crippen LogP contribution >= 0.6 is 0 Å². The summed E-state index contributed by atoms with van der Waals surface area (Å²) in [6, 6.07) is 17.3. The van der Waals surface area contributed by atoms with Gasteiger partial charge in [-0.15, -0.1) is 0 Å². The van der Waals surface area contributed by atoms with Gasteiger partial charge in [-0.25, -0.2) is 4.98 Å². The molecule has 1 saturated heterocycles. The molecule has 2 aromatic carbocycles. The highest BCUT2D eigenvalue weighted by Gasteiger charge is 2.31. The number of aromatic nitrogens is 1. The lowest BCUT2D eigenvalue weighted by atomic mass is 9.98. The lowest BCUT2D eigenvalue weighted by Crippen LogP contribution is -2.25. The van der Waals surface area contributed by atoms with Crippen molar-refractivity contribution in [1.82, 2.24) is 4.98 Å². The van der Waals surface area contributed by atoms with Crippen molar-refractivity contribution in [3.05, 3.63) is 77.5 Å². The summed E-state index contributed by atoms with van der Waals surface area (Å²) < 4.78 is 43.8. The van der Waals surface area contributed by atoms with Crippen LogP contribution < -0.4 is 9.64 Å². The summed E-state index contributed by atoms with van der Waals surface area (Å²) in [5, 5.41) is 19.3. The Hall–Kier alpha value is -3.57. The summed E-state index contributed by atoms with van der Waals surface area (Å²) >= 11 is 0. The van der Waals surface area contributed by atoms with Gasteiger partial charge in [-0.05, 0) is 35.4 Å². The number of nitriles is 1. The van der Waals surface area contributed by atoms with E-state index >= 15 is 0 Å². The molecule has 1 aromatic heterocycles. The van der Waals surface area contributed by atoms with Gasteiger partial charge < -0.3 is 14.7 Å². The topological polar surface area (TPSA) is 69.4 Å². The zero-order valence-electron chi connectivity index (χ0n) is 17.0. The largest absolute Gasteiger partial charge is 0.472 e. The van der Waals surface area contributed by atoms with Gasteiger partial charge >= 0.3 is 6.18 Å². The van der Waals surface area contributed by atoms with E-state index in [1.165, 1.54) is 6.07 Å². The van der Waals surface area contributed by atoms with Gasteiger partial charge in [-0.1, -0.05) is 24.3 Å². The summed E-state index contributed by atoms with van der Waals surface area (Å²) in [5.74, 6) is 0.149. The predicted octanol–water partition coefficient (Wildman–Crippen LogP) is 4.79. The molecule has 1 aliphatic heterocycles. The fraction of sp³-hybridized carbons (Fsp3) is 0.250. The second kappa shape index (κ2) is 8.89. The molecule has 4 rings (SSSR count). The molecule has 2 heterocycles. The molecule has 1 N–H and O–H groups in total. The van der Waals surface area contributed by atoms with Crippen LogP contribution in [0.4, 0.5) is 18.9 Å². The minimum Gasteiger partial charge on any atom is -0.472 e. The van der Waals surface area contributed by atoms with Crippen molar-refractivity contribution >= 4 is 5.69 Å². The summed E-state index contributed by atoms with van der Waals surface area (Å²) in [4.78, 5) is 5.84. The standard InChI is InChI=1S/C24H20F3N3O2/c25-24(26,27)19-6-8-23(29-13-19)32-20-9-10-30(14-20)22-7-5-16(11-18(22)15-31)21-4-2-1-3-17(21)12-28/h1-8,11,13,20,31H,9-10,14-15H2/t20-/m0/s1. The second-order valence-corrected chi connectivity index (χ2v) is 7.52. The number of rotatable bonds is 5. The first-order valence-corrected chi connectivity index (χ1v) is 10.1. The van der Waals surface area contributed by atoms with E-state index < -0.39 is 11.7 Å². The van der Waals surface area contributed by atoms with Crippen LogP contribution in [0, 0.1) is 11.3 Å². The average Bonchev–Trinajstić information content (AvgIpc) is 3.26. The van der Waals surface area contributed by atoms with Crippen LogP contribution in [-0.4, -0.2) is 29.3 Å². The highest BCUT2D eigenvalue weighted by molar-refractivity contribution is 5.74. The number of anilines is 1. The number of aliphatic hydroxyl groups excluding tert-OH is 1. The maximum atomic E-state index is 12.7. The van der Waals surface area contributed by atoms with E-state index in [-0.39, 0.29) is 18.6 Å². The number of aliphatic hydroxyl groups is 1. The Balaban J connectivity index is 1.48. The Labute approximate surface area is 183 Å². The highest BCUT2D eigenvalue weighted by Crippen LogP contribution is 2.33. The molecule has 0 aliphatic carbocycles. The molecule has 1 atom stereocenters. The second-order valence-electron chi connectivity index (χ2n) is 7.52. The fourth-order valence-corrected chi connectivity index (χ4v) is 3.85. The van der Waals surface area contributed by atoms with Crippen LogP contribution in [0.3, 0.4) is 0 Å².